The number of nitrogens with zero attached hydrogens (tertiary/aromatic N) is 1. The predicted molar refractivity (Wildman–Crippen MR) is 83.0 cm³/mol. The number of anilines is 2. The Balaban J connectivity index is 2.38. The zero-order chi connectivity index (χ0) is 13.4. The van der Waals surface area contributed by atoms with Gasteiger partial charge in [-0.05, 0) is 65.7 Å². The largest absolute Gasteiger partial charge is 0.398 e. The monoisotopic (exact) mass is 310 g/mol. The molecule has 3 heteroatoms. The van der Waals surface area contributed by atoms with E-state index >= 15 is 0 Å². The number of aryl methyl sites for hydroxylation is 1. The van der Waals surface area contributed by atoms with Crippen LogP contribution in [0, 0.1) is 18.8 Å². The average Bonchev–Trinajstić information content (AvgIpc) is 2.29. The summed E-state index contributed by atoms with van der Waals surface area (Å²) in [7, 11) is 0. The molecule has 1 heterocycles. The maximum Gasteiger partial charge on any atom is 0.0517 e. The minimum Gasteiger partial charge on any atom is -0.398 e. The van der Waals surface area contributed by atoms with Crippen molar-refractivity contribution in [1.29, 1.82) is 0 Å². The second-order valence-corrected chi connectivity index (χ2v) is 6.73. The second kappa shape index (κ2) is 5.12. The van der Waals surface area contributed by atoms with Gasteiger partial charge in [-0.3, -0.25) is 0 Å². The topological polar surface area (TPSA) is 29.3 Å². The van der Waals surface area contributed by atoms with Gasteiger partial charge in [-0.15, -0.1) is 0 Å². The third kappa shape index (κ3) is 2.51. The van der Waals surface area contributed by atoms with Crippen molar-refractivity contribution in [2.75, 3.05) is 17.2 Å². The second-order valence-electron chi connectivity index (χ2n) is 5.87. The van der Waals surface area contributed by atoms with Gasteiger partial charge < -0.3 is 10.6 Å². The first-order valence-electron chi connectivity index (χ1n) is 6.72. The molecule has 1 aromatic rings. The fourth-order valence-corrected chi connectivity index (χ4v) is 3.52. The van der Waals surface area contributed by atoms with Crippen LogP contribution in [0.2, 0.25) is 0 Å². The van der Waals surface area contributed by atoms with E-state index in [4.69, 9.17) is 5.73 Å². The van der Waals surface area contributed by atoms with Gasteiger partial charge in [0.15, 0.2) is 0 Å². The van der Waals surface area contributed by atoms with Crippen LogP contribution >= 0.6 is 15.9 Å². The van der Waals surface area contributed by atoms with E-state index in [2.05, 4.69) is 54.6 Å². The number of hydrogen-bond acceptors (Lipinski definition) is 2. The minimum atomic E-state index is 0.584. The van der Waals surface area contributed by atoms with E-state index in [0.717, 1.165) is 34.1 Å². The smallest absolute Gasteiger partial charge is 0.0517 e. The van der Waals surface area contributed by atoms with Gasteiger partial charge in [0.05, 0.1) is 5.69 Å². The number of nitrogen functional groups attached to an aromatic ring is 1. The highest BCUT2D eigenvalue weighted by Gasteiger charge is 2.29. The number of benzene rings is 1. The molecule has 1 saturated heterocycles. The lowest BCUT2D eigenvalue weighted by Crippen LogP contribution is -2.46. The first-order valence-corrected chi connectivity index (χ1v) is 7.51. The fraction of sp³-hybridized carbons (Fsp3) is 0.600. The molecule has 1 fully saturated rings. The van der Waals surface area contributed by atoms with Crippen LogP contribution in [0.5, 0.6) is 0 Å². The minimum absolute atomic E-state index is 0.584. The number of rotatable bonds is 1. The summed E-state index contributed by atoms with van der Waals surface area (Å²) < 4.78 is 1.11. The van der Waals surface area contributed by atoms with E-state index in [1.165, 1.54) is 12.1 Å². The first kappa shape index (κ1) is 13.7. The summed E-state index contributed by atoms with van der Waals surface area (Å²) in [5, 5.41) is 0. The summed E-state index contributed by atoms with van der Waals surface area (Å²) in [5.74, 6) is 1.49. The molecule has 0 radical (unpaired) electrons. The number of hydrogen-bond donors (Lipinski definition) is 1. The summed E-state index contributed by atoms with van der Waals surface area (Å²) in [6.45, 7) is 10.2. The summed E-state index contributed by atoms with van der Waals surface area (Å²) in [5.41, 5.74) is 9.26. The maximum absolute atomic E-state index is 5.96. The fourth-order valence-electron chi connectivity index (χ4n) is 2.93. The number of halogens is 1. The third-order valence-corrected chi connectivity index (χ3v) is 4.88. The van der Waals surface area contributed by atoms with Crippen LogP contribution in [0.4, 0.5) is 11.4 Å². The number of piperidine rings is 1. The molecule has 100 valence electrons. The Morgan fingerprint density at radius 1 is 1.28 bits per heavy atom. The van der Waals surface area contributed by atoms with Crippen molar-refractivity contribution in [3.63, 3.8) is 0 Å². The summed E-state index contributed by atoms with van der Waals surface area (Å²) in [4.78, 5) is 2.52. The lowest BCUT2D eigenvalue weighted by molar-refractivity contribution is 0.297. The van der Waals surface area contributed by atoms with E-state index in [-0.39, 0.29) is 0 Å². The first-order chi connectivity index (χ1) is 8.40. The van der Waals surface area contributed by atoms with Gasteiger partial charge in [0.25, 0.3) is 0 Å². The zero-order valence-corrected chi connectivity index (χ0v) is 13.3. The molecule has 18 heavy (non-hydrogen) atoms. The van der Waals surface area contributed by atoms with Gasteiger partial charge in [-0.25, -0.2) is 0 Å². The van der Waals surface area contributed by atoms with E-state index in [1.54, 1.807) is 0 Å². The standard InChI is InChI=1S/C15H23BrN2/c1-9-5-10(2)12(4)18(8-9)15-6-11(3)14(17)7-13(15)16/h6-7,9-10,12H,5,8,17H2,1-4H3. The SMILES string of the molecule is Cc1cc(N2CC(C)CC(C)C2C)c(Br)cc1N. The molecule has 0 aromatic heterocycles. The van der Waals surface area contributed by atoms with Crippen molar-refractivity contribution >= 4 is 27.3 Å². The molecule has 3 unspecified atom stereocenters. The lowest BCUT2D eigenvalue weighted by atomic mass is 9.85. The molecule has 0 amide bonds. The van der Waals surface area contributed by atoms with Crippen LogP contribution in [-0.4, -0.2) is 12.6 Å². The van der Waals surface area contributed by atoms with Gasteiger partial charge >= 0.3 is 0 Å². The normalized spacial score (nSPS) is 28.5. The highest BCUT2D eigenvalue weighted by Crippen LogP contribution is 2.37. The van der Waals surface area contributed by atoms with Crippen LogP contribution in [0.15, 0.2) is 16.6 Å². The molecule has 0 saturated carbocycles. The van der Waals surface area contributed by atoms with Gasteiger partial charge in [0, 0.05) is 22.7 Å². The van der Waals surface area contributed by atoms with Crippen molar-refractivity contribution in [2.24, 2.45) is 11.8 Å². The molecular weight excluding hydrogens is 288 g/mol. The van der Waals surface area contributed by atoms with Crippen LogP contribution in [0.3, 0.4) is 0 Å². The Morgan fingerprint density at radius 2 is 1.94 bits per heavy atom. The number of nitrogens with two attached hydrogens (primary N) is 1. The van der Waals surface area contributed by atoms with Gasteiger partial charge in [0.1, 0.15) is 0 Å². The van der Waals surface area contributed by atoms with Crippen molar-refractivity contribution in [3.05, 3.63) is 22.2 Å². The molecule has 0 aliphatic carbocycles. The molecule has 0 spiro atoms. The van der Waals surface area contributed by atoms with E-state index < -0.39 is 0 Å². The Morgan fingerprint density at radius 3 is 2.61 bits per heavy atom. The summed E-state index contributed by atoms with van der Waals surface area (Å²) in [6, 6.07) is 4.82. The molecule has 0 bridgehead atoms. The van der Waals surface area contributed by atoms with E-state index in [9.17, 15) is 0 Å². The van der Waals surface area contributed by atoms with Gasteiger partial charge in [-0.2, -0.15) is 0 Å². The third-order valence-electron chi connectivity index (χ3n) is 4.24. The quantitative estimate of drug-likeness (QED) is 0.787. The van der Waals surface area contributed by atoms with Crippen LogP contribution in [0.25, 0.3) is 0 Å². The Hall–Kier alpha value is -0.700. The van der Waals surface area contributed by atoms with E-state index in [0.29, 0.717) is 6.04 Å². The zero-order valence-electron chi connectivity index (χ0n) is 11.7. The van der Waals surface area contributed by atoms with Gasteiger partial charge in [0.2, 0.25) is 0 Å². The molecule has 2 nitrogen and oxygen atoms in total. The van der Waals surface area contributed by atoms with Crippen molar-refractivity contribution < 1.29 is 0 Å². The van der Waals surface area contributed by atoms with E-state index in [1.807, 2.05) is 6.07 Å². The Labute approximate surface area is 119 Å². The van der Waals surface area contributed by atoms with Crippen LogP contribution < -0.4 is 10.6 Å². The Bertz CT molecular complexity index is 444. The molecular formula is C15H23BrN2. The Kier molecular flexibility index (Phi) is 3.90. The molecule has 3 atom stereocenters. The maximum atomic E-state index is 5.96. The van der Waals surface area contributed by atoms with Crippen molar-refractivity contribution in [1.82, 2.24) is 0 Å². The molecule has 1 aromatic carbocycles. The predicted octanol–water partition coefficient (Wildman–Crippen LogP) is 4.21. The highest BCUT2D eigenvalue weighted by atomic mass is 79.9. The van der Waals surface area contributed by atoms with Crippen LogP contribution in [-0.2, 0) is 0 Å². The molecule has 2 rings (SSSR count). The summed E-state index contributed by atoms with van der Waals surface area (Å²) in [6.07, 6.45) is 1.32. The molecule has 1 aliphatic rings. The molecule has 2 N–H and O–H groups in total. The average molecular weight is 311 g/mol. The van der Waals surface area contributed by atoms with Crippen molar-refractivity contribution in [2.45, 2.75) is 40.2 Å². The summed E-state index contributed by atoms with van der Waals surface area (Å²) >= 11 is 3.66. The highest BCUT2D eigenvalue weighted by molar-refractivity contribution is 9.10. The molecule has 1 aliphatic heterocycles. The van der Waals surface area contributed by atoms with Gasteiger partial charge in [-0.1, -0.05) is 13.8 Å². The van der Waals surface area contributed by atoms with Crippen LogP contribution in [0.1, 0.15) is 32.8 Å². The van der Waals surface area contributed by atoms with Crippen molar-refractivity contribution in [3.8, 4) is 0 Å². The lowest BCUT2D eigenvalue weighted by Gasteiger charge is -2.43.